The highest BCUT2D eigenvalue weighted by atomic mass is 16.2. The van der Waals surface area contributed by atoms with Crippen molar-refractivity contribution in [2.75, 3.05) is 33.2 Å². The third kappa shape index (κ3) is 3.93. The van der Waals surface area contributed by atoms with E-state index in [2.05, 4.69) is 9.88 Å². The van der Waals surface area contributed by atoms with Gasteiger partial charge in [0.1, 0.15) is 16.8 Å². The summed E-state index contributed by atoms with van der Waals surface area (Å²) in [6.45, 7) is 3.92. The summed E-state index contributed by atoms with van der Waals surface area (Å²) < 4.78 is 5.14. The third-order valence-corrected chi connectivity index (χ3v) is 6.20. The first-order valence-corrected chi connectivity index (χ1v) is 11.1. The molecule has 1 fully saturated rings. The minimum Gasteiger partial charge on any atom is -0.337 e. The second-order valence-electron chi connectivity index (χ2n) is 8.39. The Balaban J connectivity index is 1.62. The molecule has 33 heavy (non-hydrogen) atoms. The van der Waals surface area contributed by atoms with Crippen molar-refractivity contribution in [1.82, 2.24) is 33.3 Å². The van der Waals surface area contributed by atoms with Crippen LogP contribution in [0.25, 0.3) is 16.7 Å². The van der Waals surface area contributed by atoms with Crippen molar-refractivity contribution >= 4 is 22.6 Å². The highest BCUT2D eigenvalue weighted by Crippen LogP contribution is 2.13. The predicted octanol–water partition coefficient (Wildman–Crippen LogP) is 0.803. The summed E-state index contributed by atoms with van der Waals surface area (Å²) in [6.07, 6.45) is 7.72. The third-order valence-electron chi connectivity index (χ3n) is 6.20. The lowest BCUT2D eigenvalue weighted by Gasteiger charge is -2.32. The lowest BCUT2D eigenvalue weighted by molar-refractivity contribution is 0.0661. The molecule has 1 aliphatic rings. The van der Waals surface area contributed by atoms with E-state index in [1.54, 1.807) is 46.4 Å². The number of carbonyl (C=O) groups is 1. The fraction of sp³-hybridized carbons (Fsp3) is 0.348. The maximum atomic E-state index is 13.4. The zero-order valence-corrected chi connectivity index (χ0v) is 18.5. The molecule has 1 aliphatic heterocycles. The van der Waals surface area contributed by atoms with Gasteiger partial charge in [-0.05, 0) is 31.7 Å². The molecule has 1 amide bonds. The highest BCUT2D eigenvalue weighted by molar-refractivity contribution is 5.97. The normalized spacial score (nSPS) is 14.9. The van der Waals surface area contributed by atoms with Gasteiger partial charge in [0.2, 0.25) is 0 Å². The average molecular weight is 447 g/mol. The van der Waals surface area contributed by atoms with E-state index < -0.39 is 0 Å². The number of likely N-dealkylation sites (N-methyl/N-ethyl adjacent to an activating group) is 1. The Morgan fingerprint density at radius 3 is 2.70 bits per heavy atom. The van der Waals surface area contributed by atoms with Crippen molar-refractivity contribution < 1.29 is 4.79 Å². The molecule has 5 rings (SSSR count). The Hall–Kier alpha value is -3.79. The number of nitrogens with zero attached hydrogens (tertiary/aromatic N) is 7. The highest BCUT2D eigenvalue weighted by Gasteiger charge is 2.24. The van der Waals surface area contributed by atoms with Gasteiger partial charge < -0.3 is 18.9 Å². The number of hydrogen-bond donors (Lipinski definition) is 1. The fourth-order valence-corrected chi connectivity index (χ4v) is 4.28. The first-order valence-electron chi connectivity index (χ1n) is 11.1. The van der Waals surface area contributed by atoms with E-state index in [9.17, 15) is 9.59 Å². The van der Waals surface area contributed by atoms with Crippen LogP contribution in [0.1, 0.15) is 16.8 Å². The number of piperazine rings is 1. The van der Waals surface area contributed by atoms with Crippen LogP contribution in [-0.2, 0) is 13.1 Å². The van der Waals surface area contributed by atoms with Gasteiger partial charge in [-0.2, -0.15) is 0 Å². The van der Waals surface area contributed by atoms with Crippen molar-refractivity contribution in [3.8, 4) is 0 Å². The topological polar surface area (TPSA) is 105 Å². The molecule has 10 heteroatoms. The monoisotopic (exact) mass is 446 g/mol. The first-order chi connectivity index (χ1) is 16.0. The van der Waals surface area contributed by atoms with E-state index in [4.69, 9.17) is 10.4 Å². The Morgan fingerprint density at radius 2 is 1.94 bits per heavy atom. The molecule has 0 saturated carbocycles. The average Bonchev–Trinajstić information content (AvgIpc) is 3.34. The minimum atomic E-state index is -0.244. The van der Waals surface area contributed by atoms with Crippen LogP contribution in [0.15, 0.2) is 54.0 Å². The number of fused-ring (bicyclic) bond motifs is 2. The molecule has 0 atom stereocenters. The molecule has 0 radical (unpaired) electrons. The number of nitrogens with one attached hydrogen (secondary N) is 1. The molecule has 4 aromatic heterocycles. The molecule has 0 bridgehead atoms. The summed E-state index contributed by atoms with van der Waals surface area (Å²) in [6, 6.07) is 6.92. The molecule has 1 N–H and O–H groups in total. The molecule has 170 valence electrons. The Kier molecular flexibility index (Phi) is 5.51. The lowest BCUT2D eigenvalue weighted by atomic mass is 10.1. The van der Waals surface area contributed by atoms with Crippen molar-refractivity contribution in [2.24, 2.45) is 0 Å². The van der Waals surface area contributed by atoms with Crippen LogP contribution in [0.3, 0.4) is 0 Å². The first kappa shape index (κ1) is 21.1. The quantitative estimate of drug-likeness (QED) is 0.457. The van der Waals surface area contributed by atoms with Crippen LogP contribution in [0, 0.1) is 5.41 Å². The zero-order chi connectivity index (χ0) is 22.9. The molecule has 0 aromatic carbocycles. The largest absolute Gasteiger partial charge is 0.337 e. The molecule has 4 aromatic rings. The summed E-state index contributed by atoms with van der Waals surface area (Å²) in [4.78, 5) is 39.4. The SMILES string of the molecule is CN1CCN(C(=O)c2cc3c(=O)n4ccccc4nc3n(CCCn3ccnc3)c2=N)CC1. The standard InChI is InChI=1S/C23H26N8O2/c1-27-11-13-29(14-12-27)22(32)17-15-18-21(26-19-5-2-3-8-30(19)23(18)33)31(20(17)24)9-4-7-28-10-6-25-16-28/h2-3,5-6,8,10,15-16,24H,4,7,9,11-14H2,1H3. The number of pyridine rings is 2. The lowest BCUT2D eigenvalue weighted by Crippen LogP contribution is -2.48. The Labute approximate surface area is 189 Å². The molecular weight excluding hydrogens is 420 g/mol. The van der Waals surface area contributed by atoms with Gasteiger partial charge in [-0.1, -0.05) is 6.07 Å². The van der Waals surface area contributed by atoms with Crippen LogP contribution in [0.2, 0.25) is 0 Å². The van der Waals surface area contributed by atoms with Crippen molar-refractivity contribution in [1.29, 1.82) is 5.41 Å². The number of rotatable bonds is 5. The Bertz CT molecular complexity index is 1430. The molecule has 0 unspecified atom stereocenters. The number of carbonyl (C=O) groups excluding carboxylic acids is 1. The van der Waals surface area contributed by atoms with Gasteiger partial charge in [-0.25, -0.2) is 9.97 Å². The zero-order valence-electron chi connectivity index (χ0n) is 18.5. The summed E-state index contributed by atoms with van der Waals surface area (Å²) in [5.41, 5.74) is 1.02. The maximum absolute atomic E-state index is 13.4. The number of amides is 1. The van der Waals surface area contributed by atoms with Gasteiger partial charge in [0, 0.05) is 57.9 Å². The van der Waals surface area contributed by atoms with Gasteiger partial charge in [-0.15, -0.1) is 0 Å². The van der Waals surface area contributed by atoms with E-state index in [-0.39, 0.29) is 22.5 Å². The summed E-state index contributed by atoms with van der Waals surface area (Å²) >= 11 is 0. The molecule has 1 saturated heterocycles. The molecule has 0 aliphatic carbocycles. The maximum Gasteiger partial charge on any atom is 0.267 e. The summed E-state index contributed by atoms with van der Waals surface area (Å²) in [5.74, 6) is -0.212. The van der Waals surface area contributed by atoms with E-state index in [1.807, 2.05) is 23.9 Å². The second kappa shape index (κ2) is 8.62. The van der Waals surface area contributed by atoms with E-state index >= 15 is 0 Å². The van der Waals surface area contributed by atoms with Crippen LogP contribution in [0.5, 0.6) is 0 Å². The van der Waals surface area contributed by atoms with E-state index in [0.29, 0.717) is 49.3 Å². The number of hydrogen-bond acceptors (Lipinski definition) is 6. The van der Waals surface area contributed by atoms with Gasteiger partial charge in [0.05, 0.1) is 17.3 Å². The second-order valence-corrected chi connectivity index (χ2v) is 8.39. The van der Waals surface area contributed by atoms with Gasteiger partial charge >= 0.3 is 0 Å². The molecule has 0 spiro atoms. The van der Waals surface area contributed by atoms with Crippen LogP contribution < -0.4 is 11.0 Å². The molecular formula is C23H26N8O2. The van der Waals surface area contributed by atoms with Crippen LogP contribution in [0.4, 0.5) is 0 Å². The summed E-state index contributed by atoms with van der Waals surface area (Å²) in [7, 11) is 2.03. The van der Waals surface area contributed by atoms with Crippen molar-refractivity contribution in [2.45, 2.75) is 19.5 Å². The smallest absolute Gasteiger partial charge is 0.267 e. The van der Waals surface area contributed by atoms with Crippen LogP contribution >= 0.6 is 0 Å². The van der Waals surface area contributed by atoms with Crippen molar-refractivity contribution in [3.63, 3.8) is 0 Å². The fourth-order valence-electron chi connectivity index (χ4n) is 4.28. The van der Waals surface area contributed by atoms with Crippen LogP contribution in [-0.4, -0.2) is 72.4 Å². The molecule has 5 heterocycles. The number of imidazole rings is 1. The minimum absolute atomic E-state index is 0.0873. The van der Waals surface area contributed by atoms with Gasteiger partial charge in [0.15, 0.2) is 0 Å². The predicted molar refractivity (Wildman–Crippen MR) is 123 cm³/mol. The van der Waals surface area contributed by atoms with Gasteiger partial charge in [0.25, 0.3) is 11.5 Å². The number of aromatic nitrogens is 5. The van der Waals surface area contributed by atoms with E-state index in [0.717, 1.165) is 13.1 Å². The van der Waals surface area contributed by atoms with E-state index in [1.165, 1.54) is 4.40 Å². The Morgan fingerprint density at radius 1 is 1.12 bits per heavy atom. The summed E-state index contributed by atoms with van der Waals surface area (Å²) in [5, 5.41) is 9.23. The van der Waals surface area contributed by atoms with Gasteiger partial charge in [-0.3, -0.25) is 19.4 Å². The number of aryl methyl sites for hydroxylation is 2. The molecule has 10 nitrogen and oxygen atoms in total. The van der Waals surface area contributed by atoms with Crippen molar-refractivity contribution in [3.05, 3.63) is 70.6 Å².